The van der Waals surface area contributed by atoms with Crippen LogP contribution in [0.2, 0.25) is 0 Å². The van der Waals surface area contributed by atoms with E-state index < -0.39 is 120 Å². The Balaban J connectivity index is 1.95. The highest BCUT2D eigenvalue weighted by Gasteiger charge is 2.58. The third kappa shape index (κ3) is 11.1. The molecule has 4 saturated heterocycles. The fraction of sp³-hybridized carbons (Fsp3) is 0.844. The summed E-state index contributed by atoms with van der Waals surface area (Å²) in [5, 5.41) is 2.82. The van der Waals surface area contributed by atoms with Gasteiger partial charge in [-0.3, -0.25) is 19.2 Å². The van der Waals surface area contributed by atoms with Crippen LogP contribution in [0.5, 0.6) is 0 Å². The number of likely N-dealkylation sites (N-methyl/N-ethyl adjacent to an activating group) is 1. The standard InChI is InChI=1S/C45H72N2O15/c1-17-19-54-44(12)21-23(3)34(50)25(5)37-45(13,62-42(52)46-37)32(18-2)59-40(51)27(7)35(60-33-22-43(11,53-16)39(28(8)56-33)58-30(10)49)26(6)38(44)61-41-36(57-29(9)48)31(47(14)15)20-24(4)55-41/h1,23-28,31-33,35-39,41H,18-22H2,2-16H3,(H,46,52)/t23-,24-,25-,26+,27-,28+,31+,32+,33+,35+,36-,37-,38-,39+,41+,43-,44+,45-/m1/s1. The van der Waals surface area contributed by atoms with Crippen LogP contribution in [0.1, 0.15) is 109 Å². The molecule has 0 aromatic rings. The number of methoxy groups -OCH3 is 1. The smallest absolute Gasteiger partial charge is 0.408 e. The van der Waals surface area contributed by atoms with Crippen molar-refractivity contribution in [1.29, 1.82) is 0 Å². The normalized spacial score (nSPS) is 43.3. The Morgan fingerprint density at radius 1 is 0.887 bits per heavy atom. The van der Waals surface area contributed by atoms with Gasteiger partial charge in [0.05, 0.1) is 48.0 Å². The molecule has 0 spiro atoms. The van der Waals surface area contributed by atoms with E-state index in [-0.39, 0.29) is 43.8 Å². The van der Waals surface area contributed by atoms with E-state index in [1.54, 1.807) is 55.4 Å². The third-order valence-electron chi connectivity index (χ3n) is 13.4. The molecule has 4 aliphatic heterocycles. The largest absolute Gasteiger partial charge is 0.458 e. The van der Waals surface area contributed by atoms with E-state index in [9.17, 15) is 24.0 Å². The number of nitrogens with zero attached hydrogens (tertiary/aromatic N) is 1. The van der Waals surface area contributed by atoms with E-state index in [1.807, 2.05) is 32.8 Å². The topological polar surface area (TPSA) is 193 Å². The van der Waals surface area contributed by atoms with E-state index in [2.05, 4.69) is 11.2 Å². The third-order valence-corrected chi connectivity index (χ3v) is 13.4. The minimum atomic E-state index is -1.42. The van der Waals surface area contributed by atoms with Crippen LogP contribution < -0.4 is 5.32 Å². The van der Waals surface area contributed by atoms with Crippen molar-refractivity contribution in [3.63, 3.8) is 0 Å². The van der Waals surface area contributed by atoms with Gasteiger partial charge in [0.25, 0.3) is 0 Å². The monoisotopic (exact) mass is 880 g/mol. The van der Waals surface area contributed by atoms with Crippen molar-refractivity contribution in [2.75, 3.05) is 27.8 Å². The Morgan fingerprint density at radius 2 is 1.53 bits per heavy atom. The van der Waals surface area contributed by atoms with Crippen LogP contribution in [-0.2, 0) is 66.5 Å². The molecule has 62 heavy (non-hydrogen) atoms. The maximum absolute atomic E-state index is 14.7. The predicted molar refractivity (Wildman–Crippen MR) is 223 cm³/mol. The van der Waals surface area contributed by atoms with E-state index >= 15 is 0 Å². The van der Waals surface area contributed by atoms with Crippen LogP contribution in [0.15, 0.2) is 0 Å². The second kappa shape index (κ2) is 20.6. The number of ketones is 1. The maximum atomic E-state index is 14.7. The highest BCUT2D eigenvalue weighted by Crippen LogP contribution is 2.43. The number of hydrogen-bond donors (Lipinski definition) is 1. The summed E-state index contributed by atoms with van der Waals surface area (Å²) >= 11 is 0. The van der Waals surface area contributed by atoms with Crippen molar-refractivity contribution in [3.05, 3.63) is 0 Å². The number of carbonyl (C=O) groups is 5. The molecule has 0 unspecified atom stereocenters. The predicted octanol–water partition coefficient (Wildman–Crippen LogP) is 4.34. The number of terminal acetylenes is 1. The molecule has 4 rings (SSSR count). The minimum Gasteiger partial charge on any atom is -0.458 e. The second-order valence-electron chi connectivity index (χ2n) is 18.6. The molecule has 0 saturated carbocycles. The molecule has 1 amide bonds. The van der Waals surface area contributed by atoms with Gasteiger partial charge in [-0.15, -0.1) is 6.42 Å². The SMILES string of the molecule is C#CCO[C@@]1(C)C[C@@H](C)C(=O)[C@@H](C)[C@H]2NC(=O)O[C@]2(C)[C@H](CC)OC(=O)[C@H](C)[C@@H](O[C@H]2C[C@@](C)(OC)[C@@H](OC(C)=O)[C@H](C)O2)[C@H](C)[C@H]1O[C@@H]1O[C@H](C)C[C@H](N(C)C)[C@H]1OC(C)=O. The van der Waals surface area contributed by atoms with Crippen LogP contribution in [0.4, 0.5) is 4.79 Å². The molecule has 0 radical (unpaired) electrons. The molecule has 0 aromatic heterocycles. The number of esters is 3. The van der Waals surface area contributed by atoms with Gasteiger partial charge in [0.2, 0.25) is 0 Å². The molecule has 1 N–H and O–H groups in total. The summed E-state index contributed by atoms with van der Waals surface area (Å²) < 4.78 is 63.3. The Bertz CT molecular complexity index is 1650. The number of Topliss-reactive ketones (excluding diaryl/α,β-unsaturated/α-hetero) is 1. The van der Waals surface area contributed by atoms with Crippen molar-refractivity contribution in [1.82, 2.24) is 10.2 Å². The number of nitrogens with one attached hydrogen (secondary N) is 1. The van der Waals surface area contributed by atoms with Crippen molar-refractivity contribution < 1.29 is 71.3 Å². The van der Waals surface area contributed by atoms with Crippen molar-refractivity contribution in [2.45, 2.75) is 193 Å². The Kier molecular flexibility index (Phi) is 17.1. The molecular formula is C45H72N2O15. The fourth-order valence-electron chi connectivity index (χ4n) is 10.2. The molecule has 0 aromatic carbocycles. The molecule has 4 fully saturated rings. The zero-order chi connectivity index (χ0) is 46.6. The summed E-state index contributed by atoms with van der Waals surface area (Å²) in [5.74, 6) is -2.80. The number of ether oxygens (including phenoxy) is 10. The lowest BCUT2D eigenvalue weighted by Crippen LogP contribution is -2.62. The molecule has 0 bridgehead atoms. The number of amides is 1. The van der Waals surface area contributed by atoms with E-state index in [4.69, 9.17) is 53.8 Å². The van der Waals surface area contributed by atoms with Crippen LogP contribution in [0.25, 0.3) is 0 Å². The summed E-state index contributed by atoms with van der Waals surface area (Å²) in [4.78, 5) is 69.1. The van der Waals surface area contributed by atoms with Crippen LogP contribution >= 0.6 is 0 Å². The van der Waals surface area contributed by atoms with Gasteiger partial charge in [0, 0.05) is 45.1 Å². The number of hydrogen-bond acceptors (Lipinski definition) is 16. The Hall–Kier alpha value is -3.37. The minimum absolute atomic E-state index is 0.0498. The highest BCUT2D eigenvalue weighted by molar-refractivity contribution is 5.85. The van der Waals surface area contributed by atoms with E-state index in [0.717, 1.165) is 0 Å². The number of rotatable bonds is 11. The number of alkyl carbamates (subject to hydrolysis) is 1. The molecule has 17 heteroatoms. The average Bonchev–Trinajstić information content (AvgIpc) is 3.51. The second-order valence-corrected chi connectivity index (χ2v) is 18.6. The molecule has 18 atom stereocenters. The Labute approximate surface area is 367 Å². The highest BCUT2D eigenvalue weighted by atomic mass is 16.7. The summed E-state index contributed by atoms with van der Waals surface area (Å²) in [6.45, 7) is 20.1. The van der Waals surface area contributed by atoms with Crippen LogP contribution in [-0.4, -0.2) is 147 Å². The van der Waals surface area contributed by atoms with Gasteiger partial charge in [-0.1, -0.05) is 33.6 Å². The lowest BCUT2D eigenvalue weighted by Gasteiger charge is -2.50. The van der Waals surface area contributed by atoms with Gasteiger partial charge in [0.15, 0.2) is 30.4 Å². The zero-order valence-electron chi connectivity index (χ0n) is 39.3. The van der Waals surface area contributed by atoms with Gasteiger partial charge >= 0.3 is 24.0 Å². The van der Waals surface area contributed by atoms with Gasteiger partial charge < -0.3 is 57.6 Å². The molecule has 352 valence electrons. The van der Waals surface area contributed by atoms with Crippen LogP contribution in [0, 0.1) is 36.0 Å². The lowest BCUT2D eigenvalue weighted by atomic mass is 9.73. The van der Waals surface area contributed by atoms with Crippen LogP contribution in [0.3, 0.4) is 0 Å². The molecule has 4 aliphatic rings. The lowest BCUT2D eigenvalue weighted by molar-refractivity contribution is -0.321. The first-order chi connectivity index (χ1) is 28.9. The molecule has 0 aliphatic carbocycles. The summed E-state index contributed by atoms with van der Waals surface area (Å²) in [7, 11) is 5.26. The van der Waals surface area contributed by atoms with E-state index in [0.29, 0.717) is 6.42 Å². The average molecular weight is 881 g/mol. The number of cyclic esters (lactones) is 1. The first-order valence-electron chi connectivity index (χ1n) is 21.8. The van der Waals surface area contributed by atoms with Crippen molar-refractivity contribution in [3.8, 4) is 12.3 Å². The fourth-order valence-corrected chi connectivity index (χ4v) is 10.2. The summed E-state index contributed by atoms with van der Waals surface area (Å²) in [6.07, 6.45) is -2.09. The van der Waals surface area contributed by atoms with Gasteiger partial charge in [-0.2, -0.15) is 0 Å². The zero-order valence-corrected chi connectivity index (χ0v) is 39.3. The summed E-state index contributed by atoms with van der Waals surface area (Å²) in [6, 6.07) is -1.18. The quantitative estimate of drug-likeness (QED) is 0.175. The maximum Gasteiger partial charge on any atom is 0.408 e. The number of carbonyl (C=O) groups excluding carboxylic acids is 5. The van der Waals surface area contributed by atoms with E-state index in [1.165, 1.54) is 21.0 Å². The summed E-state index contributed by atoms with van der Waals surface area (Å²) in [5.41, 5.74) is -3.91. The van der Waals surface area contributed by atoms with Crippen molar-refractivity contribution >= 4 is 29.8 Å². The first-order valence-corrected chi connectivity index (χ1v) is 21.8. The van der Waals surface area contributed by atoms with Gasteiger partial charge in [-0.25, -0.2) is 4.79 Å². The number of fused-ring (bicyclic) bond motifs is 1. The molecule has 17 nitrogen and oxygen atoms in total. The van der Waals surface area contributed by atoms with Gasteiger partial charge in [0.1, 0.15) is 24.1 Å². The first kappa shape index (κ1) is 51.3. The Morgan fingerprint density at radius 3 is 2.10 bits per heavy atom. The van der Waals surface area contributed by atoms with Gasteiger partial charge in [-0.05, 0) is 74.9 Å². The van der Waals surface area contributed by atoms with Crippen molar-refractivity contribution in [2.24, 2.45) is 23.7 Å². The molecule has 4 heterocycles. The molecular weight excluding hydrogens is 808 g/mol.